The molecule has 0 N–H and O–H groups in total. The zero-order chi connectivity index (χ0) is 25.8. The predicted octanol–water partition coefficient (Wildman–Crippen LogP) is 3.16. The van der Waals surface area contributed by atoms with Crippen LogP contribution >= 0.6 is 0 Å². The summed E-state index contributed by atoms with van der Waals surface area (Å²) in [6.45, 7) is 10.1. The zero-order valence-corrected chi connectivity index (χ0v) is 21.0. The highest BCUT2D eigenvalue weighted by Gasteiger charge is 2.19. The SMILES string of the molecule is C=N/C(=C\C=C(/C)c1cc(-c2cnn(C)c2)cn2ncc(C#N)c12)N1CCN(Cc2cnccn2)CC1. The van der Waals surface area contributed by atoms with E-state index in [-0.39, 0.29) is 0 Å². The van der Waals surface area contributed by atoms with Crippen molar-refractivity contribution in [2.75, 3.05) is 26.2 Å². The largest absolute Gasteiger partial charge is 0.354 e. The van der Waals surface area contributed by atoms with Crippen LogP contribution in [0.3, 0.4) is 0 Å². The second-order valence-electron chi connectivity index (χ2n) is 9.00. The lowest BCUT2D eigenvalue weighted by Gasteiger charge is -2.35. The highest BCUT2D eigenvalue weighted by Crippen LogP contribution is 2.29. The van der Waals surface area contributed by atoms with Gasteiger partial charge in [0.15, 0.2) is 0 Å². The first kappa shape index (κ1) is 24.1. The maximum Gasteiger partial charge on any atom is 0.127 e. The monoisotopic (exact) mass is 492 g/mol. The molecule has 1 fully saturated rings. The number of nitriles is 1. The number of nitrogens with zero attached hydrogens (tertiary/aromatic N) is 10. The maximum absolute atomic E-state index is 9.67. The van der Waals surface area contributed by atoms with Crippen LogP contribution < -0.4 is 0 Å². The van der Waals surface area contributed by atoms with E-state index < -0.39 is 0 Å². The van der Waals surface area contributed by atoms with Crippen molar-refractivity contribution in [1.29, 1.82) is 5.26 Å². The number of pyridine rings is 1. The Morgan fingerprint density at radius 3 is 2.59 bits per heavy atom. The van der Waals surface area contributed by atoms with Gasteiger partial charge in [-0.1, -0.05) is 6.08 Å². The average molecular weight is 493 g/mol. The fraction of sp³-hybridized carbons (Fsp3) is 0.259. The molecule has 0 atom stereocenters. The van der Waals surface area contributed by atoms with E-state index in [1.165, 1.54) is 0 Å². The van der Waals surface area contributed by atoms with E-state index in [9.17, 15) is 5.26 Å². The molecule has 4 aromatic heterocycles. The third-order valence-electron chi connectivity index (χ3n) is 6.54. The van der Waals surface area contributed by atoms with Gasteiger partial charge in [0.05, 0.1) is 29.2 Å². The minimum absolute atomic E-state index is 0.533. The number of aryl methyl sites for hydroxylation is 1. The molecule has 0 bridgehead atoms. The smallest absolute Gasteiger partial charge is 0.127 e. The van der Waals surface area contributed by atoms with E-state index in [0.717, 1.165) is 72.0 Å². The molecule has 1 aliphatic rings. The summed E-state index contributed by atoms with van der Waals surface area (Å²) in [6, 6.07) is 4.35. The van der Waals surface area contributed by atoms with Crippen molar-refractivity contribution in [3.05, 3.63) is 84.2 Å². The maximum atomic E-state index is 9.67. The van der Waals surface area contributed by atoms with Gasteiger partial charge in [0.1, 0.15) is 11.9 Å². The zero-order valence-electron chi connectivity index (χ0n) is 21.0. The number of aliphatic imine (C=N–C) groups is 1. The summed E-state index contributed by atoms with van der Waals surface area (Å²) in [7, 11) is 1.89. The standard InChI is InChI=1S/C27H28N10/c1-20(4-5-26(29-2)36-10-8-35(9-11-36)19-24-16-30-6-7-31-24)25-12-21(23-15-32-34(3)17-23)18-37-27(25)22(13-28)14-33-37/h4-7,12,14-18H,2,8-11,19H2,1,3H3/b20-4+,26-5+. The molecular weight excluding hydrogens is 464 g/mol. The fourth-order valence-electron chi connectivity index (χ4n) is 4.56. The molecule has 1 saturated heterocycles. The van der Waals surface area contributed by atoms with Gasteiger partial charge in [0, 0.05) is 87.4 Å². The molecule has 5 heterocycles. The first-order chi connectivity index (χ1) is 18.1. The highest BCUT2D eigenvalue weighted by atomic mass is 15.3. The molecule has 37 heavy (non-hydrogen) atoms. The van der Waals surface area contributed by atoms with Crippen molar-refractivity contribution in [1.82, 2.24) is 39.2 Å². The van der Waals surface area contributed by atoms with Gasteiger partial charge in [-0.2, -0.15) is 15.5 Å². The molecule has 0 aliphatic carbocycles. The van der Waals surface area contributed by atoms with Crippen LogP contribution in [0.2, 0.25) is 0 Å². The number of allylic oxidation sites excluding steroid dienone is 3. The van der Waals surface area contributed by atoms with Gasteiger partial charge in [-0.25, -0.2) is 9.51 Å². The number of fused-ring (bicyclic) bond motifs is 1. The fourth-order valence-corrected chi connectivity index (χ4v) is 4.56. The normalized spacial score (nSPS) is 15.2. The summed E-state index contributed by atoms with van der Waals surface area (Å²) in [5.74, 6) is 0.826. The summed E-state index contributed by atoms with van der Waals surface area (Å²) in [5.41, 5.74) is 6.17. The Hall–Kier alpha value is -4.62. The van der Waals surface area contributed by atoms with Gasteiger partial charge in [-0.05, 0) is 31.4 Å². The van der Waals surface area contributed by atoms with Gasteiger partial charge in [-0.3, -0.25) is 19.5 Å². The van der Waals surface area contributed by atoms with Crippen LogP contribution in [-0.2, 0) is 13.6 Å². The highest BCUT2D eigenvalue weighted by molar-refractivity contribution is 5.84. The molecule has 186 valence electrons. The lowest BCUT2D eigenvalue weighted by molar-refractivity contribution is 0.150. The molecule has 0 saturated carbocycles. The average Bonchev–Trinajstić information content (AvgIpc) is 3.55. The molecule has 0 radical (unpaired) electrons. The second-order valence-corrected chi connectivity index (χ2v) is 9.00. The van der Waals surface area contributed by atoms with Gasteiger partial charge in [-0.15, -0.1) is 0 Å². The number of rotatable bonds is 7. The molecule has 0 unspecified atom stereocenters. The van der Waals surface area contributed by atoms with Gasteiger partial charge >= 0.3 is 0 Å². The van der Waals surface area contributed by atoms with Crippen LogP contribution in [0, 0.1) is 11.3 Å². The van der Waals surface area contributed by atoms with Crippen molar-refractivity contribution in [2.45, 2.75) is 13.5 Å². The number of aromatic nitrogens is 6. The lowest BCUT2D eigenvalue weighted by atomic mass is 10.0. The Labute approximate surface area is 215 Å². The number of hydrogen-bond acceptors (Lipinski definition) is 8. The molecular formula is C27H28N10. The van der Waals surface area contributed by atoms with Crippen molar-refractivity contribution < 1.29 is 0 Å². The van der Waals surface area contributed by atoms with Crippen LogP contribution in [0.25, 0.3) is 22.2 Å². The first-order valence-electron chi connectivity index (χ1n) is 12.0. The van der Waals surface area contributed by atoms with E-state index in [0.29, 0.717) is 5.56 Å². The van der Waals surface area contributed by atoms with Gasteiger partial charge in [0.25, 0.3) is 0 Å². The van der Waals surface area contributed by atoms with Gasteiger partial charge in [0.2, 0.25) is 0 Å². The van der Waals surface area contributed by atoms with Crippen LogP contribution in [0.5, 0.6) is 0 Å². The van der Waals surface area contributed by atoms with E-state index >= 15 is 0 Å². The van der Waals surface area contributed by atoms with Crippen LogP contribution in [0.1, 0.15) is 23.7 Å². The topological polar surface area (TPSA) is 104 Å². The Morgan fingerprint density at radius 2 is 1.92 bits per heavy atom. The molecule has 1 aliphatic heterocycles. The second kappa shape index (κ2) is 10.6. The third-order valence-corrected chi connectivity index (χ3v) is 6.54. The van der Waals surface area contributed by atoms with Crippen molar-refractivity contribution >= 4 is 17.8 Å². The van der Waals surface area contributed by atoms with E-state index in [2.05, 4.69) is 53.8 Å². The molecule has 0 aromatic carbocycles. The predicted molar refractivity (Wildman–Crippen MR) is 142 cm³/mol. The first-order valence-corrected chi connectivity index (χ1v) is 12.0. The van der Waals surface area contributed by atoms with Crippen LogP contribution in [-0.4, -0.2) is 72.1 Å². The summed E-state index contributed by atoms with van der Waals surface area (Å²) >= 11 is 0. The van der Waals surface area contributed by atoms with E-state index in [4.69, 9.17) is 0 Å². The molecule has 0 amide bonds. The molecule has 10 nitrogen and oxygen atoms in total. The molecule has 5 rings (SSSR count). The van der Waals surface area contributed by atoms with Crippen LogP contribution in [0.15, 0.2) is 72.4 Å². The minimum atomic E-state index is 0.533. The van der Waals surface area contributed by atoms with E-state index in [1.807, 2.05) is 50.9 Å². The third kappa shape index (κ3) is 5.17. The quantitative estimate of drug-likeness (QED) is 0.288. The Kier molecular flexibility index (Phi) is 6.87. The van der Waals surface area contributed by atoms with Gasteiger partial charge < -0.3 is 4.90 Å². The number of hydrogen-bond donors (Lipinski definition) is 0. The summed E-state index contributed by atoms with van der Waals surface area (Å²) in [5, 5.41) is 18.4. The lowest BCUT2D eigenvalue weighted by Crippen LogP contribution is -2.45. The molecule has 10 heteroatoms. The van der Waals surface area contributed by atoms with Crippen molar-refractivity contribution in [3.8, 4) is 17.2 Å². The summed E-state index contributed by atoms with van der Waals surface area (Å²) in [6.07, 6.45) is 16.6. The summed E-state index contributed by atoms with van der Waals surface area (Å²) in [4.78, 5) is 17.5. The Morgan fingerprint density at radius 1 is 1.08 bits per heavy atom. The summed E-state index contributed by atoms with van der Waals surface area (Å²) < 4.78 is 3.53. The van der Waals surface area contributed by atoms with E-state index in [1.54, 1.807) is 27.8 Å². The van der Waals surface area contributed by atoms with Crippen LogP contribution in [0.4, 0.5) is 0 Å². The molecule has 4 aromatic rings. The Balaban J connectivity index is 1.39. The Bertz CT molecular complexity index is 1510. The van der Waals surface area contributed by atoms with Crippen molar-refractivity contribution in [2.24, 2.45) is 12.0 Å². The molecule has 0 spiro atoms. The van der Waals surface area contributed by atoms with Crippen molar-refractivity contribution in [3.63, 3.8) is 0 Å². The minimum Gasteiger partial charge on any atom is -0.354 e. The number of piperazine rings is 1.